The number of rotatable bonds is 6. The van der Waals surface area contributed by atoms with E-state index in [1.165, 1.54) is 44.8 Å². The third kappa shape index (κ3) is 11.2. The minimum atomic E-state index is -1.87. The van der Waals surface area contributed by atoms with Gasteiger partial charge >= 0.3 is 115 Å². The van der Waals surface area contributed by atoms with Gasteiger partial charge in [0.15, 0.2) is 0 Å². The van der Waals surface area contributed by atoms with Gasteiger partial charge in [0, 0.05) is 36.9 Å². The van der Waals surface area contributed by atoms with Gasteiger partial charge in [0.2, 0.25) is 0 Å². The second-order valence-corrected chi connectivity index (χ2v) is 18.0. The van der Waals surface area contributed by atoms with Crippen molar-refractivity contribution >= 4 is 47.0 Å². The van der Waals surface area contributed by atoms with E-state index in [0.717, 1.165) is 30.2 Å². The number of aryl methyl sites for hydroxylation is 6. The average Bonchev–Trinajstić information content (AvgIpc) is 3.45. The van der Waals surface area contributed by atoms with E-state index >= 15 is 0 Å². The van der Waals surface area contributed by atoms with Gasteiger partial charge in [0.05, 0.1) is 7.11 Å². The fraction of sp³-hybridized carbons (Fsp3) is 0.316. The van der Waals surface area contributed by atoms with E-state index in [-0.39, 0.29) is 6.10 Å². The van der Waals surface area contributed by atoms with Crippen molar-refractivity contribution in [1.82, 2.24) is 4.98 Å². The third-order valence-electron chi connectivity index (χ3n) is 7.60. The summed E-state index contributed by atoms with van der Waals surface area (Å²) >= 11 is 4.08. The monoisotopic (exact) mass is 784 g/mol. The molecule has 0 bridgehead atoms. The van der Waals surface area contributed by atoms with Crippen molar-refractivity contribution in [3.8, 4) is 11.5 Å². The SMILES string of the molecule is COc1ccncc1.Cc1cc(C)c(N2[CH-]N(c3c(C)cc(C)cc3C)CC2)c(C)c1.[CH2-][O+](c1ccc(Cl)cc1[CH]=[Ru]([Cl])[Cl])C(C)C. The molecule has 0 N–H and O–H groups in total. The van der Waals surface area contributed by atoms with Gasteiger partial charge in [-0.2, -0.15) is 6.67 Å². The molecule has 0 amide bonds. The van der Waals surface area contributed by atoms with Gasteiger partial charge in [0.1, 0.15) is 5.75 Å². The number of anilines is 2. The van der Waals surface area contributed by atoms with Crippen molar-refractivity contribution in [3.05, 3.63) is 125 Å². The van der Waals surface area contributed by atoms with Crippen LogP contribution in [0.1, 0.15) is 52.8 Å². The van der Waals surface area contributed by atoms with Crippen LogP contribution in [0.4, 0.5) is 11.4 Å². The van der Waals surface area contributed by atoms with Crippen molar-refractivity contribution < 1.29 is 22.6 Å². The zero-order chi connectivity index (χ0) is 34.8. The Morgan fingerprint density at radius 1 is 0.830 bits per heavy atom. The van der Waals surface area contributed by atoms with Crippen molar-refractivity contribution in [2.24, 2.45) is 0 Å². The number of pyridine rings is 1. The number of aromatic nitrogens is 1. The number of halogens is 3. The van der Waals surface area contributed by atoms with Crippen LogP contribution in [0.3, 0.4) is 0 Å². The van der Waals surface area contributed by atoms with Gasteiger partial charge in [-0.1, -0.05) is 35.4 Å². The molecule has 9 heteroatoms. The maximum absolute atomic E-state index is 5.95. The van der Waals surface area contributed by atoms with Crippen molar-refractivity contribution in [3.63, 3.8) is 0 Å². The third-order valence-corrected chi connectivity index (χ3v) is 9.67. The summed E-state index contributed by atoms with van der Waals surface area (Å²) in [5, 5.41) is 0.663. The number of nitrogens with zero attached hydrogens (tertiary/aromatic N) is 3. The Hall–Kier alpha value is -2.63. The van der Waals surface area contributed by atoms with Gasteiger partial charge in [-0.3, -0.25) is 4.98 Å². The van der Waals surface area contributed by atoms with Crippen LogP contribution in [0, 0.1) is 55.3 Å². The van der Waals surface area contributed by atoms with Crippen molar-refractivity contribution in [1.29, 1.82) is 0 Å². The van der Waals surface area contributed by atoms with E-state index in [2.05, 4.69) is 98.7 Å². The number of benzene rings is 3. The molecule has 0 atom stereocenters. The van der Waals surface area contributed by atoms with Crippen molar-refractivity contribution in [2.75, 3.05) is 30.0 Å². The predicted octanol–water partition coefficient (Wildman–Crippen LogP) is 11.0. The van der Waals surface area contributed by atoms with Gasteiger partial charge in [0.25, 0.3) is 0 Å². The predicted molar refractivity (Wildman–Crippen MR) is 200 cm³/mol. The van der Waals surface area contributed by atoms with Gasteiger partial charge in [-0.05, 0) is 75.9 Å². The summed E-state index contributed by atoms with van der Waals surface area (Å²) in [6.45, 7) is 21.6. The van der Waals surface area contributed by atoms with Crippen molar-refractivity contribution in [2.45, 2.75) is 61.5 Å². The summed E-state index contributed by atoms with van der Waals surface area (Å²) in [6, 6.07) is 18.3. The Morgan fingerprint density at radius 3 is 1.68 bits per heavy atom. The first-order chi connectivity index (χ1) is 22.2. The molecule has 1 aromatic heterocycles. The maximum atomic E-state index is 5.95. The van der Waals surface area contributed by atoms with E-state index in [9.17, 15) is 0 Å². The number of methoxy groups -OCH3 is 1. The number of ether oxygens (including phenoxy) is 1. The quantitative estimate of drug-likeness (QED) is 0.111. The fourth-order valence-electron chi connectivity index (χ4n) is 5.74. The Balaban J connectivity index is 0.000000216. The molecule has 3 aromatic carbocycles. The molecule has 4 aromatic rings. The van der Waals surface area contributed by atoms with E-state index in [1.807, 2.05) is 36.7 Å². The zero-order valence-electron chi connectivity index (χ0n) is 28.8. The Labute approximate surface area is 300 Å². The minimum absolute atomic E-state index is 0.222. The Bertz CT molecular complexity index is 1550. The first-order valence-corrected chi connectivity index (χ1v) is 21.2. The summed E-state index contributed by atoms with van der Waals surface area (Å²) in [7, 11) is 17.3. The summed E-state index contributed by atoms with van der Waals surface area (Å²) in [5.41, 5.74) is 11.8. The second-order valence-electron chi connectivity index (χ2n) is 11.9. The molecule has 5 rings (SSSR count). The molecule has 1 aliphatic heterocycles. The number of hydrogen-bond donors (Lipinski definition) is 0. The van der Waals surface area contributed by atoms with Crippen LogP contribution < -0.4 is 14.5 Å². The average molecular weight is 785 g/mol. The molecular formula is C38H47Cl3N3O2Ru-. The molecule has 2 heterocycles. The molecule has 0 aliphatic carbocycles. The topological polar surface area (TPSA) is 31.3 Å². The fourth-order valence-corrected chi connectivity index (χ4v) is 7.70. The van der Waals surface area contributed by atoms with Gasteiger partial charge < -0.3 is 14.5 Å². The molecule has 0 spiro atoms. The van der Waals surface area contributed by atoms with Crippen LogP contribution in [0.25, 0.3) is 0 Å². The molecule has 0 radical (unpaired) electrons. The molecule has 5 nitrogen and oxygen atoms in total. The van der Waals surface area contributed by atoms with Crippen LogP contribution in [0.15, 0.2) is 67.0 Å². The van der Waals surface area contributed by atoms with Gasteiger partial charge in [-0.25, -0.2) is 0 Å². The van der Waals surface area contributed by atoms with E-state index in [4.69, 9.17) is 35.7 Å². The van der Waals surface area contributed by atoms with Crippen LogP contribution >= 0.6 is 31.0 Å². The molecule has 47 heavy (non-hydrogen) atoms. The standard InChI is InChI=1S/C21H27N2.C11H13ClO.C6H7NO.2ClH.Ru/c1-14-9-16(3)20(17(4)10-14)22-7-8-23(13-22)21-18(5)11-15(2)12-19(21)6;1-8(2)13(4)11-6-5-10(12)7-9(11)3;1-8-6-2-4-7-5-3-6;;;/h9-13H,7-8H2,1-6H3;3,5-8H,4H2,1-2H3;2-5H,1H3;2*1H;/q-1;;;;;+2/p-2. The Morgan fingerprint density at radius 2 is 1.30 bits per heavy atom. The van der Waals surface area contributed by atoms with E-state index < -0.39 is 13.5 Å². The molecule has 1 fully saturated rings. The molecule has 0 unspecified atom stereocenters. The summed E-state index contributed by atoms with van der Waals surface area (Å²) in [5.74, 6) is 1.76. The molecular weight excluding hydrogens is 738 g/mol. The van der Waals surface area contributed by atoms with Crippen LogP contribution in [0.2, 0.25) is 5.02 Å². The summed E-state index contributed by atoms with van der Waals surface area (Å²) in [4.78, 5) is 8.62. The van der Waals surface area contributed by atoms with Gasteiger partial charge in [-0.15, -0.1) is 0 Å². The normalized spacial score (nSPS) is 12.6. The molecule has 1 saturated heterocycles. The number of hydrogen-bond acceptors (Lipinski definition) is 4. The molecule has 256 valence electrons. The summed E-state index contributed by atoms with van der Waals surface area (Å²) in [6.07, 6.45) is 3.61. The van der Waals surface area contributed by atoms with E-state index in [1.54, 1.807) is 31.6 Å². The van der Waals surface area contributed by atoms with Crippen LogP contribution in [-0.2, 0) is 17.9 Å². The van der Waals surface area contributed by atoms with E-state index in [0.29, 0.717) is 5.02 Å². The van der Waals surface area contributed by atoms with Crippen LogP contribution in [-0.4, -0.2) is 35.9 Å². The first kappa shape index (κ1) is 38.8. The van der Waals surface area contributed by atoms with Crippen LogP contribution in [0.5, 0.6) is 11.5 Å². The second kappa shape index (κ2) is 18.2. The summed E-state index contributed by atoms with van der Waals surface area (Å²) < 4.78 is 9.51. The molecule has 0 saturated carbocycles. The Kier molecular flexibility index (Phi) is 15.1. The first-order valence-electron chi connectivity index (χ1n) is 15.3. The molecule has 1 aliphatic rings. The zero-order valence-corrected chi connectivity index (χ0v) is 32.9.